The van der Waals surface area contributed by atoms with E-state index in [1.54, 1.807) is 0 Å². The number of rotatable bonds is 3. The lowest BCUT2D eigenvalue weighted by Gasteiger charge is -2.36. The topological polar surface area (TPSA) is 52.6 Å². The highest BCUT2D eigenvalue weighted by Crippen LogP contribution is 2.51. The van der Waals surface area contributed by atoms with Crippen molar-refractivity contribution in [2.24, 2.45) is 0 Å². The van der Waals surface area contributed by atoms with Crippen LogP contribution in [-0.2, 0) is 4.79 Å². The predicted octanol–water partition coefficient (Wildman–Crippen LogP) is 1.07. The lowest BCUT2D eigenvalue weighted by atomic mass is 9.91. The van der Waals surface area contributed by atoms with Gasteiger partial charge in [0, 0.05) is 25.2 Å². The van der Waals surface area contributed by atoms with Crippen LogP contribution in [0.1, 0.15) is 19.3 Å². The fourth-order valence-electron chi connectivity index (χ4n) is 3.39. The van der Waals surface area contributed by atoms with Gasteiger partial charge < -0.3 is 15.3 Å². The summed E-state index contributed by atoms with van der Waals surface area (Å²) in [5, 5.41) is 13.4. The number of carbonyl (C=O) groups excluding carboxylic acids is 1. The Morgan fingerprint density at radius 1 is 1.33 bits per heavy atom. The van der Waals surface area contributed by atoms with Crippen molar-refractivity contribution < 1.29 is 9.90 Å². The third-order valence-electron chi connectivity index (χ3n) is 5.01. The van der Waals surface area contributed by atoms with Gasteiger partial charge in [-0.3, -0.25) is 4.79 Å². The van der Waals surface area contributed by atoms with Gasteiger partial charge >= 0.3 is 0 Å². The van der Waals surface area contributed by atoms with E-state index >= 15 is 0 Å². The van der Waals surface area contributed by atoms with E-state index in [9.17, 15) is 9.90 Å². The van der Waals surface area contributed by atoms with E-state index in [0.29, 0.717) is 19.4 Å². The second-order valence-corrected chi connectivity index (χ2v) is 6.61. The third-order valence-corrected chi connectivity index (χ3v) is 5.01. The van der Waals surface area contributed by atoms with Crippen LogP contribution in [0.4, 0.5) is 0 Å². The molecule has 0 atom stereocenters. The van der Waals surface area contributed by atoms with Crippen molar-refractivity contribution >= 4 is 5.91 Å². The molecule has 1 saturated carbocycles. The molecule has 4 aliphatic rings. The van der Waals surface area contributed by atoms with Gasteiger partial charge in [0.1, 0.15) is 0 Å². The summed E-state index contributed by atoms with van der Waals surface area (Å²) in [6.45, 7) is 2.10. The Morgan fingerprint density at radius 3 is 2.86 bits per heavy atom. The van der Waals surface area contributed by atoms with Crippen molar-refractivity contribution in [2.45, 2.75) is 24.9 Å². The molecular formula is C17H20N2O2. The largest absolute Gasteiger partial charge is 0.388 e. The number of carbonyl (C=O) groups is 1. The van der Waals surface area contributed by atoms with Gasteiger partial charge in [-0.25, -0.2) is 0 Å². The number of fused-ring (bicyclic) bond motifs is 2. The van der Waals surface area contributed by atoms with E-state index in [0.717, 1.165) is 30.7 Å². The number of aliphatic hydroxyl groups is 1. The highest BCUT2D eigenvalue weighted by molar-refractivity contribution is 6.01. The normalized spacial score (nSPS) is 25.9. The average Bonchev–Trinajstić information content (AvgIpc) is 2.95. The number of hydrogen-bond acceptors (Lipinski definition) is 3. The highest BCUT2D eigenvalue weighted by Gasteiger charge is 2.36. The van der Waals surface area contributed by atoms with Gasteiger partial charge in [-0.15, -0.1) is 0 Å². The van der Waals surface area contributed by atoms with Gasteiger partial charge in [0.05, 0.1) is 5.60 Å². The minimum atomic E-state index is -0.757. The minimum absolute atomic E-state index is 0.0673. The molecule has 0 aromatic rings. The van der Waals surface area contributed by atoms with Crippen LogP contribution in [-0.4, -0.2) is 48.2 Å². The summed E-state index contributed by atoms with van der Waals surface area (Å²) in [5.41, 5.74) is 5.07. The summed E-state index contributed by atoms with van der Waals surface area (Å²) in [4.78, 5) is 14.6. The van der Waals surface area contributed by atoms with Crippen molar-refractivity contribution in [1.82, 2.24) is 10.2 Å². The molecule has 1 heterocycles. The molecule has 0 aromatic carbocycles. The number of amides is 1. The van der Waals surface area contributed by atoms with E-state index in [1.165, 1.54) is 16.7 Å². The third kappa shape index (κ3) is 2.19. The first-order chi connectivity index (χ1) is 10.1. The van der Waals surface area contributed by atoms with E-state index in [2.05, 4.69) is 23.3 Å². The lowest BCUT2D eigenvalue weighted by molar-refractivity contribution is -0.119. The smallest absolute Gasteiger partial charge is 0.252 e. The molecule has 1 amide bonds. The number of nitrogens with one attached hydrogen (secondary N) is 1. The molecule has 0 radical (unpaired) electrons. The maximum atomic E-state index is 12.4. The van der Waals surface area contributed by atoms with Crippen LogP contribution >= 0.6 is 0 Å². The molecule has 3 aliphatic carbocycles. The van der Waals surface area contributed by atoms with Gasteiger partial charge in [0.2, 0.25) is 0 Å². The first-order valence-corrected chi connectivity index (χ1v) is 7.62. The standard InChI is InChI=1S/C17H20N2O2/c1-19-6-4-17(21,5-7-19)10-18-16(20)13-3-2-12-14-8-11(14)9-15(12)13/h2-3,9,21H,4-8,10H2,1H3,(H,18,20). The molecule has 0 unspecified atom stereocenters. The Balaban J connectivity index is 1.42. The Bertz CT molecular complexity index is 644. The number of nitrogens with zero attached hydrogens (tertiary/aromatic N) is 1. The Morgan fingerprint density at radius 2 is 2.10 bits per heavy atom. The van der Waals surface area contributed by atoms with E-state index in [4.69, 9.17) is 0 Å². The Kier molecular flexibility index (Phi) is 2.75. The Labute approximate surface area is 124 Å². The van der Waals surface area contributed by atoms with Gasteiger partial charge in [0.25, 0.3) is 5.91 Å². The molecular weight excluding hydrogens is 264 g/mol. The zero-order valence-electron chi connectivity index (χ0n) is 12.3. The molecule has 110 valence electrons. The van der Waals surface area contributed by atoms with Crippen LogP contribution in [0.2, 0.25) is 0 Å². The van der Waals surface area contributed by atoms with E-state index in [1.807, 2.05) is 12.2 Å². The minimum Gasteiger partial charge on any atom is -0.388 e. The highest BCUT2D eigenvalue weighted by atomic mass is 16.3. The monoisotopic (exact) mass is 284 g/mol. The van der Waals surface area contributed by atoms with Crippen LogP contribution in [0.25, 0.3) is 0 Å². The molecule has 4 rings (SSSR count). The van der Waals surface area contributed by atoms with Crippen molar-refractivity contribution in [3.63, 3.8) is 0 Å². The summed E-state index contributed by atoms with van der Waals surface area (Å²) in [6, 6.07) is 0. The molecule has 0 aromatic heterocycles. The summed E-state index contributed by atoms with van der Waals surface area (Å²) in [6.07, 6.45) is 8.59. The van der Waals surface area contributed by atoms with E-state index < -0.39 is 5.60 Å². The van der Waals surface area contributed by atoms with Crippen LogP contribution in [0, 0.1) is 0 Å². The number of piperidine rings is 1. The maximum absolute atomic E-state index is 12.4. The molecule has 1 saturated heterocycles. The second-order valence-electron chi connectivity index (χ2n) is 6.61. The SMILES string of the molecule is CN1CCC(O)(CNC(=O)C2=C3C=C4CC4=C3C=C2)CC1. The first kappa shape index (κ1) is 13.0. The molecule has 4 heteroatoms. The van der Waals surface area contributed by atoms with Gasteiger partial charge in [-0.2, -0.15) is 0 Å². The van der Waals surface area contributed by atoms with Crippen molar-refractivity contribution in [3.05, 3.63) is 46.1 Å². The molecule has 0 spiro atoms. The predicted molar refractivity (Wildman–Crippen MR) is 80.6 cm³/mol. The zero-order valence-corrected chi connectivity index (χ0v) is 12.3. The Hall–Kier alpha value is -1.65. The maximum Gasteiger partial charge on any atom is 0.252 e. The molecule has 1 aliphatic heterocycles. The van der Waals surface area contributed by atoms with Gasteiger partial charge in [-0.05, 0) is 60.8 Å². The summed E-state index contributed by atoms with van der Waals surface area (Å²) in [5.74, 6) is -0.0673. The van der Waals surface area contributed by atoms with Crippen molar-refractivity contribution in [2.75, 3.05) is 26.7 Å². The van der Waals surface area contributed by atoms with Gasteiger partial charge in [0.15, 0.2) is 0 Å². The van der Waals surface area contributed by atoms with Crippen LogP contribution < -0.4 is 5.32 Å². The van der Waals surface area contributed by atoms with Crippen molar-refractivity contribution in [1.29, 1.82) is 0 Å². The molecule has 2 fully saturated rings. The van der Waals surface area contributed by atoms with Crippen LogP contribution in [0.5, 0.6) is 0 Å². The van der Waals surface area contributed by atoms with Crippen molar-refractivity contribution in [3.8, 4) is 0 Å². The summed E-state index contributed by atoms with van der Waals surface area (Å²) < 4.78 is 0. The van der Waals surface area contributed by atoms with Crippen LogP contribution in [0.3, 0.4) is 0 Å². The van der Waals surface area contributed by atoms with Crippen LogP contribution in [0.15, 0.2) is 46.1 Å². The average molecular weight is 284 g/mol. The number of allylic oxidation sites excluding steroid dienone is 6. The fourth-order valence-corrected chi connectivity index (χ4v) is 3.39. The quantitative estimate of drug-likeness (QED) is 0.815. The molecule has 4 nitrogen and oxygen atoms in total. The zero-order chi connectivity index (χ0) is 14.6. The number of likely N-dealkylation sites (tertiary alicyclic amines) is 1. The second kappa shape index (κ2) is 4.42. The van der Waals surface area contributed by atoms with Gasteiger partial charge in [-0.1, -0.05) is 6.08 Å². The first-order valence-electron chi connectivity index (χ1n) is 7.62. The molecule has 2 N–H and O–H groups in total. The summed E-state index contributed by atoms with van der Waals surface area (Å²) in [7, 11) is 2.06. The summed E-state index contributed by atoms with van der Waals surface area (Å²) >= 11 is 0. The lowest BCUT2D eigenvalue weighted by Crippen LogP contribution is -2.50. The van der Waals surface area contributed by atoms with E-state index in [-0.39, 0.29) is 5.91 Å². The fraction of sp³-hybridized carbons (Fsp3) is 0.471. The number of hydrogen-bond donors (Lipinski definition) is 2. The molecule has 0 bridgehead atoms. The molecule has 21 heavy (non-hydrogen) atoms.